The number of hydrogen-bond donors (Lipinski definition) is 2. The Morgan fingerprint density at radius 1 is 1.55 bits per heavy atom. The highest BCUT2D eigenvalue weighted by Gasteiger charge is 2.20. The van der Waals surface area contributed by atoms with Gasteiger partial charge in [0, 0.05) is 35.8 Å². The Hall–Kier alpha value is -0.620. The first-order valence-electron chi connectivity index (χ1n) is 6.57. The minimum atomic E-state index is 0. The highest BCUT2D eigenvalue weighted by molar-refractivity contribution is 9.10. The number of benzene rings is 1. The van der Waals surface area contributed by atoms with Crippen LogP contribution in [0.1, 0.15) is 12.5 Å². The van der Waals surface area contributed by atoms with Crippen LogP contribution in [0.4, 0.5) is 5.69 Å². The maximum atomic E-state index is 12.1. The van der Waals surface area contributed by atoms with Crippen molar-refractivity contribution in [3.8, 4) is 0 Å². The predicted octanol–water partition coefficient (Wildman–Crippen LogP) is 2.41. The Bertz CT molecular complexity index is 470. The van der Waals surface area contributed by atoms with Crippen LogP contribution in [0.5, 0.6) is 0 Å². The molecule has 0 bridgehead atoms. The van der Waals surface area contributed by atoms with E-state index in [0.717, 1.165) is 35.4 Å². The Balaban J connectivity index is 0.00000200. The van der Waals surface area contributed by atoms with E-state index in [0.29, 0.717) is 12.6 Å². The molecule has 0 aromatic heterocycles. The summed E-state index contributed by atoms with van der Waals surface area (Å²) in [4.78, 5) is 14.3. The average molecular weight is 363 g/mol. The van der Waals surface area contributed by atoms with Crippen LogP contribution < -0.4 is 10.6 Å². The fraction of sp³-hybridized carbons (Fsp3) is 0.500. The maximum absolute atomic E-state index is 12.1. The molecule has 1 amide bonds. The summed E-state index contributed by atoms with van der Waals surface area (Å²) in [6, 6.07) is 6.28. The molecular weight excluding hydrogens is 342 g/mol. The summed E-state index contributed by atoms with van der Waals surface area (Å²) in [5.41, 5.74) is 1.95. The van der Waals surface area contributed by atoms with E-state index in [2.05, 4.69) is 38.4 Å². The van der Waals surface area contributed by atoms with Crippen molar-refractivity contribution in [1.82, 2.24) is 10.2 Å². The number of hydrogen-bond acceptors (Lipinski definition) is 3. The molecule has 0 aliphatic carbocycles. The number of carbonyl (C=O) groups is 1. The first-order chi connectivity index (χ1) is 9.06. The topological polar surface area (TPSA) is 44.4 Å². The third-order valence-corrected chi connectivity index (χ3v) is 3.94. The average Bonchev–Trinajstić information content (AvgIpc) is 2.36. The molecule has 0 spiro atoms. The minimum absolute atomic E-state index is 0. The number of amides is 1. The SMILES string of the molecule is Cc1cc(Br)ccc1NC(=O)CN1CCNC[C@@H]1C.Cl. The smallest absolute Gasteiger partial charge is 0.238 e. The maximum Gasteiger partial charge on any atom is 0.238 e. The Morgan fingerprint density at radius 2 is 2.30 bits per heavy atom. The number of halogens is 2. The molecule has 1 aliphatic rings. The van der Waals surface area contributed by atoms with E-state index in [1.807, 2.05) is 25.1 Å². The van der Waals surface area contributed by atoms with Gasteiger partial charge in [0.2, 0.25) is 5.91 Å². The van der Waals surface area contributed by atoms with Crippen molar-refractivity contribution in [2.75, 3.05) is 31.5 Å². The molecule has 112 valence electrons. The van der Waals surface area contributed by atoms with E-state index in [4.69, 9.17) is 0 Å². The zero-order valence-corrected chi connectivity index (χ0v) is 14.2. The van der Waals surface area contributed by atoms with Gasteiger partial charge in [0.15, 0.2) is 0 Å². The zero-order chi connectivity index (χ0) is 13.8. The largest absolute Gasteiger partial charge is 0.325 e. The fourth-order valence-electron chi connectivity index (χ4n) is 2.26. The Kier molecular flexibility index (Phi) is 6.95. The molecule has 1 saturated heterocycles. The van der Waals surface area contributed by atoms with Crippen molar-refractivity contribution in [1.29, 1.82) is 0 Å². The van der Waals surface area contributed by atoms with Crippen molar-refractivity contribution >= 4 is 39.9 Å². The molecular formula is C14H21BrClN3O. The van der Waals surface area contributed by atoms with Crippen LogP contribution in [-0.4, -0.2) is 43.0 Å². The molecule has 1 aromatic carbocycles. The van der Waals surface area contributed by atoms with Gasteiger partial charge in [-0.15, -0.1) is 12.4 Å². The summed E-state index contributed by atoms with van der Waals surface area (Å²) < 4.78 is 1.03. The van der Waals surface area contributed by atoms with Crippen LogP contribution in [0.15, 0.2) is 22.7 Å². The molecule has 1 atom stereocenters. The van der Waals surface area contributed by atoms with Crippen molar-refractivity contribution in [2.24, 2.45) is 0 Å². The molecule has 0 saturated carbocycles. The first-order valence-corrected chi connectivity index (χ1v) is 7.36. The molecule has 1 heterocycles. The van der Waals surface area contributed by atoms with Crippen molar-refractivity contribution in [2.45, 2.75) is 19.9 Å². The molecule has 20 heavy (non-hydrogen) atoms. The molecule has 4 nitrogen and oxygen atoms in total. The molecule has 1 aromatic rings. The molecule has 1 aliphatic heterocycles. The van der Waals surface area contributed by atoms with E-state index < -0.39 is 0 Å². The second kappa shape index (κ2) is 7.98. The van der Waals surface area contributed by atoms with E-state index >= 15 is 0 Å². The summed E-state index contributed by atoms with van der Waals surface area (Å²) in [5.74, 6) is 0.0548. The van der Waals surface area contributed by atoms with Gasteiger partial charge in [-0.1, -0.05) is 15.9 Å². The van der Waals surface area contributed by atoms with Crippen LogP contribution in [0.3, 0.4) is 0 Å². The summed E-state index contributed by atoms with van der Waals surface area (Å²) in [7, 11) is 0. The summed E-state index contributed by atoms with van der Waals surface area (Å²) in [6.07, 6.45) is 0. The molecule has 0 radical (unpaired) electrons. The van der Waals surface area contributed by atoms with Gasteiger partial charge in [0.25, 0.3) is 0 Å². The lowest BCUT2D eigenvalue weighted by molar-refractivity contribution is -0.118. The lowest BCUT2D eigenvalue weighted by Crippen LogP contribution is -2.52. The van der Waals surface area contributed by atoms with Crippen molar-refractivity contribution in [3.05, 3.63) is 28.2 Å². The summed E-state index contributed by atoms with van der Waals surface area (Å²) >= 11 is 3.42. The number of anilines is 1. The van der Waals surface area contributed by atoms with Crippen LogP contribution in [0.25, 0.3) is 0 Å². The lowest BCUT2D eigenvalue weighted by atomic mass is 10.2. The van der Waals surface area contributed by atoms with Crippen LogP contribution >= 0.6 is 28.3 Å². The second-order valence-corrected chi connectivity index (χ2v) is 5.95. The third-order valence-electron chi connectivity index (χ3n) is 3.45. The predicted molar refractivity (Wildman–Crippen MR) is 88.7 cm³/mol. The van der Waals surface area contributed by atoms with Gasteiger partial charge >= 0.3 is 0 Å². The van der Waals surface area contributed by atoms with Gasteiger partial charge in [-0.2, -0.15) is 0 Å². The van der Waals surface area contributed by atoms with Gasteiger partial charge in [0.05, 0.1) is 6.54 Å². The summed E-state index contributed by atoms with van der Waals surface area (Å²) in [5, 5.41) is 6.31. The van der Waals surface area contributed by atoms with E-state index in [9.17, 15) is 4.79 Å². The van der Waals surface area contributed by atoms with E-state index in [1.165, 1.54) is 0 Å². The standard InChI is InChI=1S/C14H20BrN3O.ClH/c1-10-7-12(15)3-4-13(10)17-14(19)9-18-6-5-16-8-11(18)2;/h3-4,7,11,16H,5-6,8-9H2,1-2H3,(H,17,19);1H/t11-;/m0./s1. The van der Waals surface area contributed by atoms with Crippen LogP contribution in [0.2, 0.25) is 0 Å². The Morgan fingerprint density at radius 3 is 2.95 bits per heavy atom. The molecule has 2 N–H and O–H groups in total. The number of nitrogens with zero attached hydrogens (tertiary/aromatic N) is 1. The molecule has 6 heteroatoms. The monoisotopic (exact) mass is 361 g/mol. The van der Waals surface area contributed by atoms with Gasteiger partial charge in [-0.25, -0.2) is 0 Å². The number of rotatable bonds is 3. The molecule has 2 rings (SSSR count). The zero-order valence-electron chi connectivity index (χ0n) is 11.8. The van der Waals surface area contributed by atoms with Crippen LogP contribution in [0, 0.1) is 6.92 Å². The molecule has 0 unspecified atom stereocenters. The highest BCUT2D eigenvalue weighted by atomic mass is 79.9. The second-order valence-electron chi connectivity index (χ2n) is 5.03. The summed E-state index contributed by atoms with van der Waals surface area (Å²) in [6.45, 7) is 7.42. The number of piperazine rings is 1. The van der Waals surface area contributed by atoms with Crippen LogP contribution in [-0.2, 0) is 4.79 Å². The first kappa shape index (κ1) is 17.4. The quantitative estimate of drug-likeness (QED) is 0.868. The number of aryl methyl sites for hydroxylation is 1. The van der Waals surface area contributed by atoms with E-state index in [-0.39, 0.29) is 18.3 Å². The van der Waals surface area contributed by atoms with Gasteiger partial charge in [-0.3, -0.25) is 9.69 Å². The third kappa shape index (κ3) is 4.74. The van der Waals surface area contributed by atoms with Crippen molar-refractivity contribution in [3.63, 3.8) is 0 Å². The molecule has 1 fully saturated rings. The van der Waals surface area contributed by atoms with Gasteiger partial charge in [0.1, 0.15) is 0 Å². The lowest BCUT2D eigenvalue weighted by Gasteiger charge is -2.33. The minimum Gasteiger partial charge on any atom is -0.325 e. The number of carbonyl (C=O) groups excluding carboxylic acids is 1. The fourth-order valence-corrected chi connectivity index (χ4v) is 2.74. The highest BCUT2D eigenvalue weighted by Crippen LogP contribution is 2.20. The van der Waals surface area contributed by atoms with Gasteiger partial charge in [-0.05, 0) is 37.6 Å². The van der Waals surface area contributed by atoms with Gasteiger partial charge < -0.3 is 10.6 Å². The number of nitrogens with one attached hydrogen (secondary N) is 2. The van der Waals surface area contributed by atoms with Crippen molar-refractivity contribution < 1.29 is 4.79 Å². The Labute approximate surface area is 134 Å². The normalized spacial score (nSPS) is 19.2. The van der Waals surface area contributed by atoms with E-state index in [1.54, 1.807) is 0 Å².